The van der Waals surface area contributed by atoms with Gasteiger partial charge >= 0.3 is 12.2 Å². The molecule has 1 aromatic heterocycles. The maximum Gasteiger partial charge on any atom is 0.435 e. The molecule has 0 radical (unpaired) electrons. The number of benzene rings is 2. The number of nitrogens with zero attached hydrogens (tertiary/aromatic N) is 2. The highest BCUT2D eigenvalue weighted by Crippen LogP contribution is 2.30. The Morgan fingerprint density at radius 2 is 1.88 bits per heavy atom. The van der Waals surface area contributed by atoms with Gasteiger partial charge in [-0.05, 0) is 48.4 Å². The van der Waals surface area contributed by atoms with Gasteiger partial charge in [-0.1, -0.05) is 23.7 Å². The van der Waals surface area contributed by atoms with Gasteiger partial charge in [-0.25, -0.2) is 22.3 Å². The van der Waals surface area contributed by atoms with Crippen molar-refractivity contribution in [1.82, 2.24) is 15.1 Å². The van der Waals surface area contributed by atoms with Crippen LogP contribution in [0.5, 0.6) is 0 Å². The van der Waals surface area contributed by atoms with Gasteiger partial charge in [0.15, 0.2) is 5.69 Å². The Hall–Kier alpha value is -3.12. The number of urea groups is 1. The van der Waals surface area contributed by atoms with Crippen molar-refractivity contribution in [3.8, 4) is 5.69 Å². The second-order valence-corrected chi connectivity index (χ2v) is 10.1. The maximum atomic E-state index is 14.2. The average Bonchev–Trinajstić information content (AvgIpc) is 3.16. The molecule has 3 rings (SSSR count). The van der Waals surface area contributed by atoms with E-state index in [9.17, 15) is 30.8 Å². The van der Waals surface area contributed by atoms with Crippen LogP contribution < -0.4 is 10.6 Å². The van der Waals surface area contributed by atoms with Crippen LogP contribution in [0.2, 0.25) is 5.02 Å². The minimum absolute atomic E-state index is 0.0217. The molecule has 0 aliphatic rings. The van der Waals surface area contributed by atoms with Crippen molar-refractivity contribution >= 4 is 33.2 Å². The highest BCUT2D eigenvalue weighted by atomic mass is 35.5. The van der Waals surface area contributed by atoms with Crippen LogP contribution in [0.15, 0.2) is 48.5 Å². The molecule has 0 saturated heterocycles. The summed E-state index contributed by atoms with van der Waals surface area (Å²) in [5.41, 5.74) is -0.589. The minimum atomic E-state index is -4.70. The number of aryl methyl sites for hydroxylation is 1. The van der Waals surface area contributed by atoms with Crippen LogP contribution in [0.25, 0.3) is 5.69 Å². The van der Waals surface area contributed by atoms with Crippen molar-refractivity contribution in [1.29, 1.82) is 0 Å². The highest BCUT2D eigenvalue weighted by molar-refractivity contribution is 7.90. The van der Waals surface area contributed by atoms with Crippen molar-refractivity contribution in [3.05, 3.63) is 76.3 Å². The number of halogens is 5. The Bertz CT molecular complexity index is 1310. The zero-order chi connectivity index (χ0) is 25.1. The van der Waals surface area contributed by atoms with Gasteiger partial charge in [0.05, 0.1) is 23.7 Å². The standard InChI is InChI=1S/C21H19ClF4N4O3S/c1-34(32,33)8-7-13-5-6-15(10-18(13)23)28-20(31)27-12-17-11-19(21(24,25)26)29-30(17)16-4-2-3-14(22)9-16/h2-6,9-11H,7-8,12H2,1H3,(H2,27,28,31). The second kappa shape index (κ2) is 10.0. The average molecular weight is 519 g/mol. The quantitative estimate of drug-likeness (QED) is 0.447. The smallest absolute Gasteiger partial charge is 0.332 e. The molecule has 2 aromatic carbocycles. The highest BCUT2D eigenvalue weighted by Gasteiger charge is 2.35. The van der Waals surface area contributed by atoms with Gasteiger partial charge < -0.3 is 10.6 Å². The molecule has 0 saturated carbocycles. The normalized spacial score (nSPS) is 11.9. The molecule has 3 aromatic rings. The van der Waals surface area contributed by atoms with Gasteiger partial charge in [0, 0.05) is 17.0 Å². The fourth-order valence-electron chi connectivity index (χ4n) is 2.98. The number of hydrogen-bond donors (Lipinski definition) is 2. The topological polar surface area (TPSA) is 93.1 Å². The Kier molecular flexibility index (Phi) is 7.51. The lowest BCUT2D eigenvalue weighted by atomic mass is 10.1. The summed E-state index contributed by atoms with van der Waals surface area (Å²) in [7, 11) is -3.27. The molecule has 2 amide bonds. The number of hydrogen-bond acceptors (Lipinski definition) is 4. The molecule has 0 atom stereocenters. The monoisotopic (exact) mass is 518 g/mol. The Morgan fingerprint density at radius 3 is 2.50 bits per heavy atom. The molecule has 2 N–H and O–H groups in total. The van der Waals surface area contributed by atoms with E-state index in [4.69, 9.17) is 11.6 Å². The lowest BCUT2D eigenvalue weighted by Crippen LogP contribution is -2.29. The summed E-state index contributed by atoms with van der Waals surface area (Å²) in [4.78, 5) is 12.2. The van der Waals surface area contributed by atoms with Crippen LogP contribution in [0.1, 0.15) is 17.0 Å². The van der Waals surface area contributed by atoms with E-state index in [1.807, 2.05) is 0 Å². The number of alkyl halides is 3. The lowest BCUT2D eigenvalue weighted by molar-refractivity contribution is -0.141. The van der Waals surface area contributed by atoms with Crippen LogP contribution in [0.3, 0.4) is 0 Å². The van der Waals surface area contributed by atoms with E-state index >= 15 is 0 Å². The first kappa shape index (κ1) is 25.5. The number of sulfone groups is 1. The van der Waals surface area contributed by atoms with Crippen LogP contribution in [0, 0.1) is 5.82 Å². The van der Waals surface area contributed by atoms with Gasteiger partial charge in [-0.3, -0.25) is 0 Å². The molecule has 0 aliphatic heterocycles. The first-order valence-corrected chi connectivity index (χ1v) is 12.2. The molecular weight excluding hydrogens is 500 g/mol. The number of anilines is 1. The third-order valence-corrected chi connectivity index (χ3v) is 5.79. The third kappa shape index (κ3) is 6.94. The number of rotatable bonds is 7. The summed E-state index contributed by atoms with van der Waals surface area (Å²) in [5, 5.41) is 8.65. The molecule has 0 bridgehead atoms. The summed E-state index contributed by atoms with van der Waals surface area (Å²) in [6.07, 6.45) is -3.68. The second-order valence-electron chi connectivity index (χ2n) is 7.40. The molecule has 34 heavy (non-hydrogen) atoms. The summed E-state index contributed by atoms with van der Waals surface area (Å²) in [5.74, 6) is -0.924. The van der Waals surface area contributed by atoms with E-state index in [1.54, 1.807) is 12.1 Å². The molecule has 0 aliphatic carbocycles. The molecule has 13 heteroatoms. The van der Waals surface area contributed by atoms with Crippen LogP contribution in [-0.2, 0) is 29.0 Å². The Balaban J connectivity index is 1.71. The molecule has 1 heterocycles. The van der Waals surface area contributed by atoms with E-state index in [0.29, 0.717) is 5.02 Å². The molecular formula is C21H19ClF4N4O3S. The first-order valence-electron chi connectivity index (χ1n) is 9.75. The van der Waals surface area contributed by atoms with Crippen molar-refractivity contribution in [2.24, 2.45) is 0 Å². The van der Waals surface area contributed by atoms with E-state index in [1.165, 1.54) is 24.3 Å². The zero-order valence-electron chi connectivity index (χ0n) is 17.7. The molecule has 0 spiro atoms. The lowest BCUT2D eigenvalue weighted by Gasteiger charge is -2.11. The Labute approximate surface area is 197 Å². The van der Waals surface area contributed by atoms with Crippen molar-refractivity contribution in [3.63, 3.8) is 0 Å². The van der Waals surface area contributed by atoms with E-state index in [-0.39, 0.29) is 41.4 Å². The summed E-state index contributed by atoms with van der Waals surface area (Å²) in [6, 6.07) is 9.80. The number of amides is 2. The molecule has 0 fully saturated rings. The number of nitrogens with one attached hydrogen (secondary N) is 2. The molecule has 7 nitrogen and oxygen atoms in total. The predicted molar refractivity (Wildman–Crippen MR) is 119 cm³/mol. The predicted octanol–water partition coefficient (Wildman–Crippen LogP) is 4.59. The van der Waals surface area contributed by atoms with Gasteiger partial charge in [0.2, 0.25) is 0 Å². The first-order chi connectivity index (χ1) is 15.8. The van der Waals surface area contributed by atoms with E-state index in [2.05, 4.69) is 15.7 Å². The van der Waals surface area contributed by atoms with Crippen molar-refractivity contribution in [2.75, 3.05) is 17.3 Å². The van der Waals surface area contributed by atoms with Gasteiger partial charge in [0.1, 0.15) is 15.7 Å². The fraction of sp³-hybridized carbons (Fsp3) is 0.238. The zero-order valence-corrected chi connectivity index (χ0v) is 19.2. The van der Waals surface area contributed by atoms with E-state index in [0.717, 1.165) is 23.1 Å². The fourth-order valence-corrected chi connectivity index (χ4v) is 3.76. The summed E-state index contributed by atoms with van der Waals surface area (Å²) >= 11 is 5.92. The van der Waals surface area contributed by atoms with Gasteiger partial charge in [-0.2, -0.15) is 18.3 Å². The Morgan fingerprint density at radius 1 is 1.15 bits per heavy atom. The van der Waals surface area contributed by atoms with Crippen molar-refractivity contribution < 1.29 is 30.8 Å². The summed E-state index contributed by atoms with van der Waals surface area (Å²) in [6.45, 7) is -0.323. The van der Waals surface area contributed by atoms with Crippen LogP contribution in [0.4, 0.5) is 28.0 Å². The number of aromatic nitrogens is 2. The van der Waals surface area contributed by atoms with Gasteiger partial charge in [-0.15, -0.1) is 0 Å². The largest absolute Gasteiger partial charge is 0.435 e. The van der Waals surface area contributed by atoms with Crippen LogP contribution >= 0.6 is 11.6 Å². The van der Waals surface area contributed by atoms with Crippen LogP contribution in [-0.4, -0.2) is 36.2 Å². The maximum absolute atomic E-state index is 14.2. The number of carbonyl (C=O) groups is 1. The third-order valence-electron chi connectivity index (χ3n) is 4.61. The molecule has 0 unspecified atom stereocenters. The minimum Gasteiger partial charge on any atom is -0.332 e. The summed E-state index contributed by atoms with van der Waals surface area (Å²) < 4.78 is 77.3. The number of carbonyl (C=O) groups excluding carboxylic acids is 1. The SMILES string of the molecule is CS(=O)(=O)CCc1ccc(NC(=O)NCc2cc(C(F)(F)F)nn2-c2cccc(Cl)c2)cc1F. The van der Waals surface area contributed by atoms with E-state index < -0.39 is 33.6 Å². The van der Waals surface area contributed by atoms with Gasteiger partial charge in [0.25, 0.3) is 0 Å². The molecule has 182 valence electrons. The van der Waals surface area contributed by atoms with Crippen molar-refractivity contribution in [2.45, 2.75) is 19.1 Å².